The number of nitrogens with zero attached hydrogens (tertiary/aromatic N) is 3. The molecule has 0 bridgehead atoms. The Bertz CT molecular complexity index is 1750. The first kappa shape index (κ1) is 31.3. The molecule has 44 heavy (non-hydrogen) atoms. The molecule has 0 radical (unpaired) electrons. The van der Waals surface area contributed by atoms with Gasteiger partial charge in [0, 0.05) is 59.1 Å². The number of likely N-dealkylation sites (tertiary alicyclic amines) is 2. The normalized spacial score (nSPS) is 19.5. The third-order valence-electron chi connectivity index (χ3n) is 8.47. The van der Waals surface area contributed by atoms with Gasteiger partial charge in [0.15, 0.2) is 0 Å². The molecule has 3 aromatic heterocycles. The van der Waals surface area contributed by atoms with Crippen molar-refractivity contribution in [1.29, 1.82) is 0 Å². The van der Waals surface area contributed by atoms with Crippen molar-refractivity contribution in [1.82, 2.24) is 24.4 Å². The summed E-state index contributed by atoms with van der Waals surface area (Å²) in [7, 11) is -1.82. The van der Waals surface area contributed by atoms with Crippen LogP contribution >= 0.6 is 34.3 Å². The number of aromatic amines is 1. The number of nitrogens with one attached hydrogen (secondary N) is 2. The molecule has 9 nitrogen and oxygen atoms in total. The number of benzene rings is 1. The van der Waals surface area contributed by atoms with E-state index in [0.717, 1.165) is 59.0 Å². The van der Waals surface area contributed by atoms with E-state index in [1.165, 1.54) is 27.2 Å². The number of likely N-dealkylation sites (N-methyl/N-ethyl adjacent to an activating group) is 1. The van der Waals surface area contributed by atoms with Gasteiger partial charge in [-0.3, -0.25) is 9.59 Å². The quantitative estimate of drug-likeness (QED) is 0.232. The molecule has 1 aromatic carbocycles. The number of amides is 2. The smallest absolute Gasteiger partial charge is 0.250 e. The number of carbonyl (C=O) groups is 2. The topological polar surface area (TPSA) is 106 Å². The second-order valence-corrected chi connectivity index (χ2v) is 16.3. The van der Waals surface area contributed by atoms with Crippen LogP contribution in [0.25, 0.3) is 20.7 Å². The van der Waals surface area contributed by atoms with Crippen molar-refractivity contribution in [2.75, 3.05) is 39.8 Å². The Labute approximate surface area is 270 Å². The lowest BCUT2D eigenvalue weighted by Gasteiger charge is -2.34. The Morgan fingerprint density at radius 2 is 1.84 bits per heavy atom. The van der Waals surface area contributed by atoms with Crippen LogP contribution in [0.3, 0.4) is 0 Å². The summed E-state index contributed by atoms with van der Waals surface area (Å²) in [4.78, 5) is 37.6. The number of carbonyl (C=O) groups excluding carboxylic acids is 2. The Hall–Kier alpha value is -2.74. The Morgan fingerprint density at radius 1 is 1.07 bits per heavy atom. The molecule has 0 aliphatic carbocycles. The Morgan fingerprint density at radius 3 is 2.66 bits per heavy atom. The van der Waals surface area contributed by atoms with Crippen LogP contribution in [-0.2, 0) is 26.0 Å². The zero-order valence-electron chi connectivity index (χ0n) is 24.5. The van der Waals surface area contributed by atoms with Crippen LogP contribution in [0.2, 0.25) is 4.34 Å². The molecule has 2 amide bonds. The monoisotopic (exact) mass is 673 g/mol. The van der Waals surface area contributed by atoms with Gasteiger partial charge in [0.05, 0.1) is 10.9 Å². The average Bonchev–Trinajstić information content (AvgIpc) is 3.81. The van der Waals surface area contributed by atoms with Crippen LogP contribution in [0.4, 0.5) is 0 Å². The molecular weight excluding hydrogens is 638 g/mol. The largest absolute Gasteiger partial charge is 0.361 e. The van der Waals surface area contributed by atoms with Crippen LogP contribution in [-0.4, -0.2) is 91.8 Å². The van der Waals surface area contributed by atoms with E-state index in [9.17, 15) is 18.0 Å². The van der Waals surface area contributed by atoms with E-state index in [0.29, 0.717) is 30.3 Å². The average molecular weight is 674 g/mol. The van der Waals surface area contributed by atoms with Crippen LogP contribution in [0.5, 0.6) is 0 Å². The maximum Gasteiger partial charge on any atom is 0.250 e. The van der Waals surface area contributed by atoms with Crippen molar-refractivity contribution >= 4 is 67.0 Å². The van der Waals surface area contributed by atoms with Gasteiger partial charge in [0.25, 0.3) is 10.0 Å². The molecule has 2 aliphatic heterocycles. The molecule has 2 aliphatic rings. The highest BCUT2D eigenvalue weighted by Crippen LogP contribution is 2.37. The zero-order valence-corrected chi connectivity index (χ0v) is 27.7. The minimum atomic E-state index is -3.91. The lowest BCUT2D eigenvalue weighted by molar-refractivity contribution is -0.143. The van der Waals surface area contributed by atoms with Crippen molar-refractivity contribution in [2.45, 2.75) is 48.4 Å². The van der Waals surface area contributed by atoms with E-state index in [1.807, 2.05) is 17.0 Å². The van der Waals surface area contributed by atoms with Gasteiger partial charge in [-0.25, -0.2) is 8.42 Å². The molecule has 2 fully saturated rings. The van der Waals surface area contributed by atoms with Crippen LogP contribution in [0.1, 0.15) is 31.2 Å². The van der Waals surface area contributed by atoms with E-state index in [-0.39, 0.29) is 28.6 Å². The number of para-hydroxylation sites is 1. The van der Waals surface area contributed by atoms with Gasteiger partial charge >= 0.3 is 0 Å². The first-order valence-corrected chi connectivity index (χ1v) is 18.4. The van der Waals surface area contributed by atoms with Crippen molar-refractivity contribution in [3.05, 3.63) is 64.6 Å². The van der Waals surface area contributed by atoms with Crippen molar-refractivity contribution in [3.63, 3.8) is 0 Å². The summed E-state index contributed by atoms with van der Waals surface area (Å²) >= 11 is 8.56. The van der Waals surface area contributed by atoms with Gasteiger partial charge in [-0.1, -0.05) is 29.8 Å². The van der Waals surface area contributed by atoms with E-state index in [2.05, 4.69) is 46.0 Å². The number of halogens is 1. The number of sulfonamides is 1. The summed E-state index contributed by atoms with van der Waals surface area (Å²) in [5.74, 6) is -0.423. The predicted molar refractivity (Wildman–Crippen MR) is 177 cm³/mol. The molecule has 0 spiro atoms. The SMILES string of the molecule is CN(CCc1c[nH]c2ccccc12)CC1CCCN1C(=O)CN1CCCC(NS(=O)(=O)c2ccc(-c3ccc(Cl)s3)s2)C1=O. The molecule has 2 unspecified atom stereocenters. The maximum atomic E-state index is 13.5. The standard InChI is InChI=1S/C31H36ClN5O4S3/c1-35(17-14-21-18-33-24-8-3-2-7-23(21)24)19-22-6-4-16-37(22)29(38)20-36-15-5-9-25(31(36)39)34-44(40,41)30-13-11-27(43-30)26-10-12-28(32)42-26/h2-3,7-8,10-13,18,22,25,33-34H,4-6,9,14-17,19-20H2,1H3. The third-order valence-corrected chi connectivity index (χ3v) is 12.9. The maximum absolute atomic E-state index is 13.5. The number of aromatic nitrogens is 1. The molecule has 6 rings (SSSR count). The molecule has 234 valence electrons. The second-order valence-electron chi connectivity index (χ2n) is 11.6. The van der Waals surface area contributed by atoms with Crippen molar-refractivity contribution in [3.8, 4) is 9.75 Å². The molecule has 2 atom stereocenters. The minimum Gasteiger partial charge on any atom is -0.361 e. The fourth-order valence-corrected chi connectivity index (χ4v) is 9.88. The van der Waals surface area contributed by atoms with Crippen LogP contribution in [0, 0.1) is 0 Å². The van der Waals surface area contributed by atoms with Gasteiger partial charge in [0.1, 0.15) is 10.3 Å². The number of piperidine rings is 1. The van der Waals surface area contributed by atoms with Crippen molar-refractivity contribution < 1.29 is 18.0 Å². The summed E-state index contributed by atoms with van der Waals surface area (Å²) in [5, 5.41) is 1.24. The minimum absolute atomic E-state index is 0.0328. The highest BCUT2D eigenvalue weighted by atomic mass is 35.5. The van der Waals surface area contributed by atoms with Crippen molar-refractivity contribution in [2.24, 2.45) is 0 Å². The first-order valence-electron chi connectivity index (χ1n) is 14.9. The Balaban J connectivity index is 1.03. The van der Waals surface area contributed by atoms with Gasteiger partial charge in [0.2, 0.25) is 11.8 Å². The lowest BCUT2D eigenvalue weighted by atomic mass is 10.1. The molecule has 0 saturated carbocycles. The number of H-pyrrole nitrogens is 1. The molecule has 2 saturated heterocycles. The summed E-state index contributed by atoms with van der Waals surface area (Å²) in [6.07, 6.45) is 5.87. The number of thiophene rings is 2. The zero-order chi connectivity index (χ0) is 30.8. The predicted octanol–water partition coefficient (Wildman–Crippen LogP) is 5.05. The Kier molecular flexibility index (Phi) is 9.46. The molecule has 13 heteroatoms. The number of rotatable bonds is 11. The van der Waals surface area contributed by atoms with E-state index in [4.69, 9.17) is 11.6 Å². The van der Waals surface area contributed by atoms with Gasteiger partial charge < -0.3 is 19.7 Å². The first-order chi connectivity index (χ1) is 21.2. The van der Waals surface area contributed by atoms with Crippen LogP contribution in [0.15, 0.2) is 58.9 Å². The molecule has 2 N–H and O–H groups in total. The number of hydrogen-bond acceptors (Lipinski definition) is 7. The van der Waals surface area contributed by atoms with Crippen LogP contribution < -0.4 is 4.72 Å². The molecule has 4 aromatic rings. The number of fused-ring (bicyclic) bond motifs is 1. The number of hydrogen-bond donors (Lipinski definition) is 2. The highest BCUT2D eigenvalue weighted by molar-refractivity contribution is 7.91. The van der Waals surface area contributed by atoms with E-state index in [1.54, 1.807) is 18.2 Å². The summed E-state index contributed by atoms with van der Waals surface area (Å²) in [5.41, 5.74) is 2.42. The summed E-state index contributed by atoms with van der Waals surface area (Å²) < 4.78 is 29.8. The lowest BCUT2D eigenvalue weighted by Crippen LogP contribution is -2.55. The third kappa shape index (κ3) is 6.90. The van der Waals surface area contributed by atoms with Gasteiger partial charge in [-0.05, 0) is 75.0 Å². The highest BCUT2D eigenvalue weighted by Gasteiger charge is 2.36. The fraction of sp³-hybridized carbons (Fsp3) is 0.419. The molecule has 5 heterocycles. The van der Waals surface area contributed by atoms with Gasteiger partial charge in [-0.2, -0.15) is 4.72 Å². The van der Waals surface area contributed by atoms with Gasteiger partial charge in [-0.15, -0.1) is 22.7 Å². The second kappa shape index (κ2) is 13.3. The van der Waals surface area contributed by atoms with E-state index >= 15 is 0 Å². The fourth-order valence-electron chi connectivity index (χ4n) is 6.20. The summed E-state index contributed by atoms with van der Waals surface area (Å²) in [6, 6.07) is 14.4. The summed E-state index contributed by atoms with van der Waals surface area (Å²) in [6.45, 7) is 2.72. The van der Waals surface area contributed by atoms with E-state index < -0.39 is 16.1 Å². The molecular formula is C31H36ClN5O4S3.